The lowest BCUT2D eigenvalue weighted by Crippen LogP contribution is -2.25. The van der Waals surface area contributed by atoms with Gasteiger partial charge in [0.2, 0.25) is 0 Å². The largest absolute Gasteiger partial charge is 0.489 e. The quantitative estimate of drug-likeness (QED) is 0.401. The Bertz CT molecular complexity index is 854. The Hall–Kier alpha value is -1.38. The van der Waals surface area contributed by atoms with Gasteiger partial charge in [-0.3, -0.25) is 9.36 Å². The van der Waals surface area contributed by atoms with E-state index in [9.17, 15) is 18.0 Å². The summed E-state index contributed by atoms with van der Waals surface area (Å²) in [6.07, 6.45) is 1.26. The Balaban J connectivity index is 2.72. The SMILES string of the molecule is CSc1nc(C(F)(F)Cl)cc(=O)n1-c1cc(OC(C)C)c(Cl)cc1F. The summed E-state index contributed by atoms with van der Waals surface area (Å²) in [5, 5.41) is -3.95. The van der Waals surface area contributed by atoms with Crippen molar-refractivity contribution >= 4 is 35.0 Å². The van der Waals surface area contributed by atoms with Crippen LogP contribution < -0.4 is 10.3 Å². The molecule has 0 atom stereocenters. The van der Waals surface area contributed by atoms with Crippen LogP contribution in [0.5, 0.6) is 5.75 Å². The molecule has 2 aromatic rings. The van der Waals surface area contributed by atoms with E-state index in [4.69, 9.17) is 27.9 Å². The minimum atomic E-state index is -3.81. The number of thioether (sulfide) groups is 1. The Labute approximate surface area is 155 Å². The molecule has 0 radical (unpaired) electrons. The summed E-state index contributed by atoms with van der Waals surface area (Å²) >= 11 is 11.8. The van der Waals surface area contributed by atoms with Crippen molar-refractivity contribution in [2.45, 2.75) is 30.5 Å². The molecule has 0 spiro atoms. The molecule has 25 heavy (non-hydrogen) atoms. The monoisotopic (exact) mass is 412 g/mol. The van der Waals surface area contributed by atoms with Gasteiger partial charge in [0.05, 0.1) is 16.8 Å². The van der Waals surface area contributed by atoms with Gasteiger partial charge in [0.1, 0.15) is 17.3 Å². The molecule has 0 N–H and O–H groups in total. The molecule has 0 bridgehead atoms. The minimum Gasteiger partial charge on any atom is -0.489 e. The second-order valence-corrected chi connectivity index (χ2v) is 6.86. The first-order chi connectivity index (χ1) is 11.5. The van der Waals surface area contributed by atoms with E-state index in [0.29, 0.717) is 6.07 Å². The summed E-state index contributed by atoms with van der Waals surface area (Å²) < 4.78 is 47.2. The Morgan fingerprint density at radius 1 is 1.32 bits per heavy atom. The van der Waals surface area contributed by atoms with Crippen molar-refractivity contribution in [3.8, 4) is 11.4 Å². The fourth-order valence-corrected chi connectivity index (χ4v) is 2.85. The van der Waals surface area contributed by atoms with Crippen molar-refractivity contribution in [1.82, 2.24) is 9.55 Å². The average molecular weight is 413 g/mol. The van der Waals surface area contributed by atoms with Crippen LogP contribution in [0.2, 0.25) is 5.02 Å². The van der Waals surface area contributed by atoms with Gasteiger partial charge in [-0.15, -0.1) is 0 Å². The van der Waals surface area contributed by atoms with Crippen molar-refractivity contribution in [3.05, 3.63) is 45.1 Å². The number of nitrogens with zero attached hydrogens (tertiary/aromatic N) is 2. The lowest BCUT2D eigenvalue weighted by molar-refractivity contribution is 0.0886. The topological polar surface area (TPSA) is 44.1 Å². The summed E-state index contributed by atoms with van der Waals surface area (Å²) in [6.45, 7) is 3.50. The predicted octanol–water partition coefficient (Wildman–Crippen LogP) is 4.82. The van der Waals surface area contributed by atoms with E-state index in [0.717, 1.165) is 22.4 Å². The number of rotatable bonds is 5. The molecule has 0 amide bonds. The molecule has 0 aliphatic carbocycles. The maximum atomic E-state index is 14.4. The van der Waals surface area contributed by atoms with Crippen molar-refractivity contribution in [1.29, 1.82) is 0 Å². The standard InChI is InChI=1S/C15H13Cl2F3N2O2S/c1-7(2)24-11-5-10(9(18)4-8(11)16)22-13(23)6-12(15(17,19)20)21-14(22)25-3/h4-7H,1-3H3. The Kier molecular flexibility index (Phi) is 5.96. The van der Waals surface area contributed by atoms with Gasteiger partial charge in [-0.1, -0.05) is 23.4 Å². The summed E-state index contributed by atoms with van der Waals surface area (Å²) in [4.78, 5) is 16.0. The molecule has 4 nitrogen and oxygen atoms in total. The van der Waals surface area contributed by atoms with Crippen LogP contribution in [-0.4, -0.2) is 21.9 Å². The number of benzene rings is 1. The molecule has 10 heteroatoms. The van der Waals surface area contributed by atoms with E-state index in [1.807, 2.05) is 0 Å². The first kappa shape index (κ1) is 19.9. The van der Waals surface area contributed by atoms with Gasteiger partial charge in [0.15, 0.2) is 5.16 Å². The summed E-state index contributed by atoms with van der Waals surface area (Å²) in [5.74, 6) is -0.676. The molecule has 0 aliphatic heterocycles. The fraction of sp³-hybridized carbons (Fsp3) is 0.333. The lowest BCUT2D eigenvalue weighted by atomic mass is 10.2. The zero-order chi connectivity index (χ0) is 18.9. The zero-order valence-electron chi connectivity index (χ0n) is 13.3. The molecule has 1 aromatic carbocycles. The van der Waals surface area contributed by atoms with E-state index in [-0.39, 0.29) is 27.7 Å². The van der Waals surface area contributed by atoms with Gasteiger partial charge < -0.3 is 4.74 Å². The van der Waals surface area contributed by atoms with E-state index < -0.39 is 22.5 Å². The third kappa shape index (κ3) is 4.43. The molecule has 1 heterocycles. The molecule has 1 aromatic heterocycles. The number of ether oxygens (including phenoxy) is 1. The first-order valence-corrected chi connectivity index (χ1v) is 8.94. The summed E-state index contributed by atoms with van der Waals surface area (Å²) in [6, 6.07) is 2.76. The average Bonchev–Trinajstić information content (AvgIpc) is 2.48. The van der Waals surface area contributed by atoms with Crippen LogP contribution >= 0.6 is 35.0 Å². The second kappa shape index (κ2) is 7.47. The van der Waals surface area contributed by atoms with Gasteiger partial charge in [0.25, 0.3) is 5.56 Å². The van der Waals surface area contributed by atoms with E-state index in [1.165, 1.54) is 12.3 Å². The molecule has 0 unspecified atom stereocenters. The van der Waals surface area contributed by atoms with Crippen LogP contribution in [-0.2, 0) is 5.38 Å². The molecule has 0 saturated carbocycles. The third-order valence-corrected chi connectivity index (χ3v) is 4.09. The van der Waals surface area contributed by atoms with Crippen LogP contribution in [0.25, 0.3) is 5.69 Å². The fourth-order valence-electron chi connectivity index (χ4n) is 2.00. The van der Waals surface area contributed by atoms with Crippen LogP contribution in [0.4, 0.5) is 13.2 Å². The van der Waals surface area contributed by atoms with Gasteiger partial charge in [-0.2, -0.15) is 8.78 Å². The molecule has 0 aliphatic rings. The van der Waals surface area contributed by atoms with Crippen LogP contribution in [0, 0.1) is 5.82 Å². The molecule has 2 rings (SSSR count). The molecular weight excluding hydrogens is 400 g/mol. The van der Waals surface area contributed by atoms with Crippen molar-refractivity contribution in [3.63, 3.8) is 0 Å². The smallest absolute Gasteiger partial charge is 0.365 e. The van der Waals surface area contributed by atoms with Crippen molar-refractivity contribution in [2.24, 2.45) is 0 Å². The summed E-state index contributed by atoms with van der Waals surface area (Å²) in [7, 11) is 0. The Morgan fingerprint density at radius 3 is 2.48 bits per heavy atom. The van der Waals surface area contributed by atoms with Crippen molar-refractivity contribution < 1.29 is 17.9 Å². The van der Waals surface area contributed by atoms with Gasteiger partial charge >= 0.3 is 5.38 Å². The molecule has 0 saturated heterocycles. The van der Waals surface area contributed by atoms with E-state index >= 15 is 0 Å². The predicted molar refractivity (Wildman–Crippen MR) is 92.1 cm³/mol. The number of aromatic nitrogens is 2. The van der Waals surface area contributed by atoms with Crippen molar-refractivity contribution in [2.75, 3.05) is 6.26 Å². The lowest BCUT2D eigenvalue weighted by Gasteiger charge is -2.17. The van der Waals surface area contributed by atoms with Crippen LogP contribution in [0.15, 0.2) is 28.2 Å². The molecular formula is C15H13Cl2F3N2O2S. The second-order valence-electron chi connectivity index (χ2n) is 5.20. The molecule has 0 fully saturated rings. The summed E-state index contributed by atoms with van der Waals surface area (Å²) in [5.41, 5.74) is -2.04. The van der Waals surface area contributed by atoms with E-state index in [2.05, 4.69) is 4.98 Å². The minimum absolute atomic E-state index is 0.0190. The van der Waals surface area contributed by atoms with Gasteiger partial charge in [0, 0.05) is 12.1 Å². The van der Waals surface area contributed by atoms with Crippen LogP contribution in [0.3, 0.4) is 0 Å². The zero-order valence-corrected chi connectivity index (χ0v) is 15.6. The normalized spacial score (nSPS) is 11.9. The highest BCUT2D eigenvalue weighted by Gasteiger charge is 2.32. The highest BCUT2D eigenvalue weighted by molar-refractivity contribution is 7.98. The maximum Gasteiger partial charge on any atom is 0.365 e. The highest BCUT2D eigenvalue weighted by atomic mass is 35.5. The van der Waals surface area contributed by atoms with E-state index in [1.54, 1.807) is 13.8 Å². The highest BCUT2D eigenvalue weighted by Crippen LogP contribution is 2.33. The number of halogens is 5. The Morgan fingerprint density at radius 2 is 1.96 bits per heavy atom. The number of alkyl halides is 3. The van der Waals surface area contributed by atoms with Gasteiger partial charge in [-0.25, -0.2) is 9.37 Å². The number of hydrogen-bond acceptors (Lipinski definition) is 4. The number of hydrogen-bond donors (Lipinski definition) is 0. The van der Waals surface area contributed by atoms with Gasteiger partial charge in [-0.05, 0) is 37.8 Å². The molecule has 136 valence electrons. The third-order valence-electron chi connectivity index (χ3n) is 2.97. The maximum absolute atomic E-state index is 14.4. The first-order valence-electron chi connectivity index (χ1n) is 6.96. The van der Waals surface area contributed by atoms with Crippen LogP contribution in [0.1, 0.15) is 19.5 Å².